The molecule has 4 aromatic rings. The van der Waals surface area contributed by atoms with Gasteiger partial charge in [-0.15, -0.1) is 0 Å². The number of anilines is 4. The zero-order chi connectivity index (χ0) is 22.0. The van der Waals surface area contributed by atoms with Crippen LogP contribution in [-0.4, -0.2) is 32.5 Å². The molecule has 0 atom stereocenters. The highest BCUT2D eigenvalue weighted by Crippen LogP contribution is 2.25. The van der Waals surface area contributed by atoms with E-state index in [0.717, 1.165) is 23.7 Å². The number of nitrogens with zero attached hydrogens (tertiary/aromatic N) is 4. The van der Waals surface area contributed by atoms with E-state index in [1.54, 1.807) is 24.3 Å². The van der Waals surface area contributed by atoms with Crippen LogP contribution in [0.5, 0.6) is 0 Å². The maximum atomic E-state index is 10.7. The number of nitrogen functional groups attached to an aromatic ring is 4. The van der Waals surface area contributed by atoms with Gasteiger partial charge in [-0.2, -0.15) is 9.97 Å². The van der Waals surface area contributed by atoms with Crippen molar-refractivity contribution in [2.75, 3.05) is 22.9 Å². The summed E-state index contributed by atoms with van der Waals surface area (Å²) in [4.78, 5) is 37.3. The molecule has 4 rings (SSSR count). The summed E-state index contributed by atoms with van der Waals surface area (Å²) in [6.45, 7) is 3.62. The van der Waals surface area contributed by atoms with Crippen LogP contribution in [0.1, 0.15) is 31.8 Å². The molecule has 0 aliphatic rings. The van der Waals surface area contributed by atoms with Crippen LogP contribution in [0.2, 0.25) is 0 Å². The number of aromatic nitrogens is 4. The molecule has 0 spiro atoms. The highest BCUT2D eigenvalue weighted by atomic mass is 16.1. The van der Waals surface area contributed by atoms with Crippen molar-refractivity contribution in [3.63, 3.8) is 0 Å². The summed E-state index contributed by atoms with van der Waals surface area (Å²) in [7, 11) is 0. The molecule has 30 heavy (non-hydrogen) atoms. The minimum atomic E-state index is 0.137. The second kappa shape index (κ2) is 7.95. The summed E-state index contributed by atoms with van der Waals surface area (Å²) in [5.41, 5.74) is 26.5. The Kier molecular flexibility index (Phi) is 5.41. The molecule has 0 bridgehead atoms. The van der Waals surface area contributed by atoms with Gasteiger partial charge < -0.3 is 22.9 Å². The SMILES string of the molecule is Cc1c(C=O)ccc2nc(N)nc(N)c12.Cc1c(C=O)ccc2nc(N)nc(N)c12. The predicted octanol–water partition coefficient (Wildman–Crippen LogP) is 1.83. The molecule has 0 aliphatic heterocycles. The van der Waals surface area contributed by atoms with E-state index < -0.39 is 0 Å². The fourth-order valence-electron chi connectivity index (χ4n) is 3.17. The number of benzene rings is 2. The Morgan fingerprint density at radius 1 is 0.633 bits per heavy atom. The Morgan fingerprint density at radius 3 is 1.33 bits per heavy atom. The van der Waals surface area contributed by atoms with E-state index in [-0.39, 0.29) is 11.9 Å². The molecular weight excluding hydrogens is 384 g/mol. The molecular formula is C20H20N8O2. The number of hydrogen-bond acceptors (Lipinski definition) is 10. The van der Waals surface area contributed by atoms with Gasteiger partial charge in [-0.05, 0) is 49.2 Å². The fraction of sp³-hybridized carbons (Fsp3) is 0.100. The van der Waals surface area contributed by atoms with Crippen LogP contribution in [0.4, 0.5) is 23.5 Å². The van der Waals surface area contributed by atoms with Gasteiger partial charge in [0.25, 0.3) is 0 Å². The van der Waals surface area contributed by atoms with Crippen LogP contribution in [0.15, 0.2) is 24.3 Å². The van der Waals surface area contributed by atoms with Crippen molar-refractivity contribution < 1.29 is 9.59 Å². The van der Waals surface area contributed by atoms with Gasteiger partial charge in [0.05, 0.1) is 11.0 Å². The van der Waals surface area contributed by atoms with Crippen LogP contribution < -0.4 is 22.9 Å². The third-order valence-electron chi connectivity index (χ3n) is 4.68. The predicted molar refractivity (Wildman–Crippen MR) is 117 cm³/mol. The first-order valence-corrected chi connectivity index (χ1v) is 8.81. The zero-order valence-electron chi connectivity index (χ0n) is 16.4. The van der Waals surface area contributed by atoms with Gasteiger partial charge in [0, 0.05) is 21.9 Å². The van der Waals surface area contributed by atoms with E-state index in [0.29, 0.717) is 44.6 Å². The zero-order valence-corrected chi connectivity index (χ0v) is 16.4. The van der Waals surface area contributed by atoms with Crippen molar-refractivity contribution in [1.82, 2.24) is 19.9 Å². The molecule has 10 heteroatoms. The largest absolute Gasteiger partial charge is 0.383 e. The molecule has 0 unspecified atom stereocenters. The topological polar surface area (TPSA) is 190 Å². The van der Waals surface area contributed by atoms with Gasteiger partial charge in [0.2, 0.25) is 11.9 Å². The molecule has 2 heterocycles. The summed E-state index contributed by atoms with van der Waals surface area (Å²) in [6, 6.07) is 6.80. The van der Waals surface area contributed by atoms with Crippen LogP contribution in [0.25, 0.3) is 21.8 Å². The van der Waals surface area contributed by atoms with Crippen molar-refractivity contribution in [1.29, 1.82) is 0 Å². The summed E-state index contributed by atoms with van der Waals surface area (Å²) in [6.07, 6.45) is 1.56. The second-order valence-corrected chi connectivity index (χ2v) is 6.52. The maximum Gasteiger partial charge on any atom is 0.222 e. The molecule has 0 saturated heterocycles. The normalized spacial score (nSPS) is 10.5. The number of aldehydes is 2. The van der Waals surface area contributed by atoms with E-state index >= 15 is 0 Å². The van der Waals surface area contributed by atoms with Gasteiger partial charge in [-0.3, -0.25) is 9.59 Å². The first-order valence-electron chi connectivity index (χ1n) is 8.81. The summed E-state index contributed by atoms with van der Waals surface area (Å²) >= 11 is 0. The van der Waals surface area contributed by atoms with Crippen LogP contribution in [0.3, 0.4) is 0 Å². The molecule has 0 radical (unpaired) electrons. The van der Waals surface area contributed by atoms with Gasteiger partial charge >= 0.3 is 0 Å². The number of carbonyl (C=O) groups is 2. The molecule has 0 aliphatic carbocycles. The summed E-state index contributed by atoms with van der Waals surface area (Å²) in [5.74, 6) is 0.883. The Labute approximate surface area is 171 Å². The number of rotatable bonds is 2. The molecule has 10 nitrogen and oxygen atoms in total. The minimum absolute atomic E-state index is 0.137. The lowest BCUT2D eigenvalue weighted by atomic mass is 10.0. The minimum Gasteiger partial charge on any atom is -0.383 e. The van der Waals surface area contributed by atoms with Crippen LogP contribution >= 0.6 is 0 Å². The molecule has 8 N–H and O–H groups in total. The quantitative estimate of drug-likeness (QED) is 0.358. The average molecular weight is 404 g/mol. The number of fused-ring (bicyclic) bond motifs is 2. The molecule has 0 saturated carbocycles. The first-order chi connectivity index (χ1) is 14.3. The highest BCUT2D eigenvalue weighted by Gasteiger charge is 2.10. The Bertz CT molecular complexity index is 1200. The van der Waals surface area contributed by atoms with Crippen molar-refractivity contribution in [3.05, 3.63) is 46.5 Å². The lowest BCUT2D eigenvalue weighted by molar-refractivity contribution is 0.111. The maximum absolute atomic E-state index is 10.7. The average Bonchev–Trinajstić information content (AvgIpc) is 2.68. The van der Waals surface area contributed by atoms with Crippen LogP contribution in [-0.2, 0) is 0 Å². The lowest BCUT2D eigenvalue weighted by Crippen LogP contribution is -2.02. The molecule has 0 fully saturated rings. The monoisotopic (exact) mass is 404 g/mol. The second-order valence-electron chi connectivity index (χ2n) is 6.52. The Balaban J connectivity index is 0.000000171. The van der Waals surface area contributed by atoms with Gasteiger partial charge in [0.15, 0.2) is 0 Å². The van der Waals surface area contributed by atoms with Crippen LogP contribution in [0, 0.1) is 13.8 Å². The molecule has 2 aromatic heterocycles. The van der Waals surface area contributed by atoms with Gasteiger partial charge in [-0.1, -0.05) is 0 Å². The van der Waals surface area contributed by atoms with E-state index in [1.807, 2.05) is 13.8 Å². The Hall–Kier alpha value is -4.34. The number of hydrogen-bond donors (Lipinski definition) is 4. The van der Waals surface area contributed by atoms with Gasteiger partial charge in [-0.25, -0.2) is 9.97 Å². The van der Waals surface area contributed by atoms with Gasteiger partial charge in [0.1, 0.15) is 24.2 Å². The first kappa shape index (κ1) is 20.4. The highest BCUT2D eigenvalue weighted by molar-refractivity contribution is 5.98. The number of nitrogens with two attached hydrogens (primary N) is 4. The molecule has 0 amide bonds. The molecule has 2 aromatic carbocycles. The van der Waals surface area contributed by atoms with E-state index in [1.165, 1.54) is 0 Å². The van der Waals surface area contributed by atoms with E-state index in [9.17, 15) is 9.59 Å². The van der Waals surface area contributed by atoms with Crippen molar-refractivity contribution >= 4 is 57.9 Å². The third-order valence-corrected chi connectivity index (χ3v) is 4.68. The lowest BCUT2D eigenvalue weighted by Gasteiger charge is -2.06. The Morgan fingerprint density at radius 2 is 1.00 bits per heavy atom. The fourth-order valence-corrected chi connectivity index (χ4v) is 3.17. The standard InChI is InChI=1S/2C10H10N4O/c2*1-5-6(4-15)2-3-7-8(5)9(11)14-10(12)13-7/h2*2-4H,1H3,(H4,11,12,13,14). The van der Waals surface area contributed by atoms with E-state index in [2.05, 4.69) is 19.9 Å². The molecule has 152 valence electrons. The summed E-state index contributed by atoms with van der Waals surface area (Å²) in [5, 5.41) is 1.38. The van der Waals surface area contributed by atoms with Crippen molar-refractivity contribution in [3.8, 4) is 0 Å². The summed E-state index contributed by atoms with van der Waals surface area (Å²) < 4.78 is 0. The third kappa shape index (κ3) is 3.65. The van der Waals surface area contributed by atoms with Crippen molar-refractivity contribution in [2.45, 2.75) is 13.8 Å². The smallest absolute Gasteiger partial charge is 0.222 e. The number of carbonyl (C=O) groups excluding carboxylic acids is 2. The van der Waals surface area contributed by atoms with E-state index in [4.69, 9.17) is 22.9 Å². The number of aryl methyl sites for hydroxylation is 2. The van der Waals surface area contributed by atoms with Crippen molar-refractivity contribution in [2.24, 2.45) is 0 Å².